The van der Waals surface area contributed by atoms with Gasteiger partial charge in [-0.3, -0.25) is 4.99 Å². The van der Waals surface area contributed by atoms with Crippen LogP contribution in [0.5, 0.6) is 0 Å². The lowest BCUT2D eigenvalue weighted by atomic mass is 10.2. The largest absolute Gasteiger partial charge is 0.263 e. The monoisotopic (exact) mass is 157 g/mol. The van der Waals surface area contributed by atoms with E-state index in [-0.39, 0.29) is 0 Å². The molecular weight excluding hydrogens is 146 g/mol. The number of aliphatic imine (C=N–C) groups is 1. The van der Waals surface area contributed by atoms with Gasteiger partial charge in [0.2, 0.25) is 0 Å². The van der Waals surface area contributed by atoms with E-state index in [1.165, 1.54) is 0 Å². The number of rotatable bonds is 2. The average molecular weight is 158 g/mol. The van der Waals surface area contributed by atoms with Crippen LogP contribution in [0.4, 0.5) is 0 Å². The Balaban J connectivity index is 4.71. The molecule has 0 aromatic heterocycles. The summed E-state index contributed by atoms with van der Waals surface area (Å²) in [7, 11) is 0. The van der Waals surface area contributed by atoms with Gasteiger partial charge in [-0.25, -0.2) is 0 Å². The molecule has 2 heteroatoms. The highest BCUT2D eigenvalue weighted by Crippen LogP contribution is 2.18. The molecular formula is C8H12ClN. The lowest BCUT2D eigenvalue weighted by molar-refractivity contribution is 1.24. The summed E-state index contributed by atoms with van der Waals surface area (Å²) in [6.45, 7) is 9.20. The molecule has 0 rings (SSSR count). The molecule has 0 aliphatic heterocycles. The molecule has 0 spiro atoms. The summed E-state index contributed by atoms with van der Waals surface area (Å²) in [6.07, 6.45) is 1.80. The second-order valence-corrected chi connectivity index (χ2v) is 2.55. The average Bonchev–Trinajstić information content (AvgIpc) is 1.88. The summed E-state index contributed by atoms with van der Waals surface area (Å²) in [6, 6.07) is 0. The highest BCUT2D eigenvalue weighted by molar-refractivity contribution is 6.32. The molecule has 0 aliphatic carbocycles. The smallest absolute Gasteiger partial charge is 0.0791 e. The van der Waals surface area contributed by atoms with Crippen molar-refractivity contribution in [1.82, 2.24) is 0 Å². The maximum atomic E-state index is 5.80. The van der Waals surface area contributed by atoms with Crippen molar-refractivity contribution in [1.29, 1.82) is 0 Å². The van der Waals surface area contributed by atoms with Crippen LogP contribution in [-0.2, 0) is 0 Å². The lowest BCUT2D eigenvalue weighted by Crippen LogP contribution is -1.80. The first-order valence-electron chi connectivity index (χ1n) is 3.09. The zero-order valence-electron chi connectivity index (χ0n) is 6.61. The number of nitrogens with zero attached hydrogens (tertiary/aromatic N) is 1. The fourth-order valence-electron chi connectivity index (χ4n) is 0.609. The van der Waals surface area contributed by atoms with E-state index >= 15 is 0 Å². The fraction of sp³-hybridized carbons (Fsp3) is 0.375. The van der Waals surface area contributed by atoms with Crippen LogP contribution in [0, 0.1) is 0 Å². The van der Waals surface area contributed by atoms with Gasteiger partial charge >= 0.3 is 0 Å². The summed E-state index contributed by atoms with van der Waals surface area (Å²) >= 11 is 5.80. The Labute approximate surface area is 67.1 Å². The van der Waals surface area contributed by atoms with Crippen LogP contribution >= 0.6 is 11.6 Å². The van der Waals surface area contributed by atoms with Crippen LogP contribution in [0.15, 0.2) is 27.4 Å². The van der Waals surface area contributed by atoms with Crippen molar-refractivity contribution in [2.45, 2.75) is 20.8 Å². The number of hydrogen-bond donors (Lipinski definition) is 0. The van der Waals surface area contributed by atoms with Crippen LogP contribution in [-0.4, -0.2) is 6.72 Å². The molecule has 0 fully saturated rings. The van der Waals surface area contributed by atoms with Crippen LogP contribution in [0.2, 0.25) is 0 Å². The lowest BCUT2D eigenvalue weighted by Gasteiger charge is -1.99. The van der Waals surface area contributed by atoms with Gasteiger partial charge < -0.3 is 0 Å². The molecule has 0 atom stereocenters. The number of allylic oxidation sites excluding steroid dienone is 3. The normalized spacial score (nSPS) is 11.0. The Morgan fingerprint density at radius 2 is 2.00 bits per heavy atom. The molecule has 0 aromatic rings. The molecule has 0 aromatic carbocycles. The molecule has 0 saturated heterocycles. The Morgan fingerprint density at radius 1 is 1.50 bits per heavy atom. The fourth-order valence-corrected chi connectivity index (χ4v) is 0.858. The van der Waals surface area contributed by atoms with E-state index in [1.54, 1.807) is 6.08 Å². The van der Waals surface area contributed by atoms with E-state index in [1.807, 2.05) is 20.8 Å². The van der Waals surface area contributed by atoms with Gasteiger partial charge in [-0.15, -0.1) is 0 Å². The van der Waals surface area contributed by atoms with E-state index < -0.39 is 0 Å². The summed E-state index contributed by atoms with van der Waals surface area (Å²) in [5.41, 5.74) is 1.86. The summed E-state index contributed by atoms with van der Waals surface area (Å²) in [5.74, 6) is 0. The van der Waals surface area contributed by atoms with Gasteiger partial charge in [0.25, 0.3) is 0 Å². The molecule has 0 unspecified atom stereocenters. The van der Waals surface area contributed by atoms with E-state index in [4.69, 9.17) is 11.6 Å². The first-order chi connectivity index (χ1) is 4.63. The Morgan fingerprint density at radius 3 is 2.10 bits per heavy atom. The van der Waals surface area contributed by atoms with E-state index in [0.29, 0.717) is 5.03 Å². The van der Waals surface area contributed by atoms with E-state index in [0.717, 1.165) is 11.3 Å². The zero-order valence-corrected chi connectivity index (χ0v) is 7.37. The SMILES string of the molecule is C=NC(=C(C)C)/C(Cl)=C\C. The quantitative estimate of drug-likeness (QED) is 0.432. The first kappa shape index (κ1) is 9.44. The summed E-state index contributed by atoms with van der Waals surface area (Å²) < 4.78 is 0. The van der Waals surface area contributed by atoms with Crippen LogP contribution in [0.1, 0.15) is 20.8 Å². The highest BCUT2D eigenvalue weighted by Gasteiger charge is 1.98. The number of halogens is 1. The molecule has 10 heavy (non-hydrogen) atoms. The van der Waals surface area contributed by atoms with Gasteiger partial charge in [0.05, 0.1) is 10.7 Å². The third-order valence-electron chi connectivity index (χ3n) is 1.11. The minimum absolute atomic E-state index is 0.662. The van der Waals surface area contributed by atoms with Crippen molar-refractivity contribution in [3.63, 3.8) is 0 Å². The predicted octanol–water partition coefficient (Wildman–Crippen LogP) is 3.12. The zero-order chi connectivity index (χ0) is 8.15. The molecule has 0 heterocycles. The maximum Gasteiger partial charge on any atom is 0.0791 e. The Bertz CT molecular complexity index is 185. The third kappa shape index (κ3) is 2.36. The highest BCUT2D eigenvalue weighted by atomic mass is 35.5. The summed E-state index contributed by atoms with van der Waals surface area (Å²) in [5, 5.41) is 0.662. The van der Waals surface area contributed by atoms with Crippen LogP contribution in [0.3, 0.4) is 0 Å². The Kier molecular flexibility index (Phi) is 4.05. The first-order valence-corrected chi connectivity index (χ1v) is 3.47. The molecule has 0 bridgehead atoms. The molecule has 56 valence electrons. The molecule has 0 amide bonds. The van der Waals surface area contributed by atoms with Crippen LogP contribution in [0.25, 0.3) is 0 Å². The minimum atomic E-state index is 0.662. The van der Waals surface area contributed by atoms with Gasteiger partial charge in [0.15, 0.2) is 0 Å². The van der Waals surface area contributed by atoms with Crippen molar-refractivity contribution in [2.24, 2.45) is 4.99 Å². The standard InChI is InChI=1S/C8H12ClN/c1-5-7(9)8(10-4)6(2)3/h5H,4H2,1-3H3/b7-5+. The van der Waals surface area contributed by atoms with Crippen molar-refractivity contribution >= 4 is 18.3 Å². The van der Waals surface area contributed by atoms with Gasteiger partial charge in [-0.05, 0) is 33.1 Å². The van der Waals surface area contributed by atoms with E-state index in [9.17, 15) is 0 Å². The topological polar surface area (TPSA) is 12.4 Å². The van der Waals surface area contributed by atoms with E-state index in [2.05, 4.69) is 11.7 Å². The second kappa shape index (κ2) is 4.29. The molecule has 0 saturated carbocycles. The number of hydrogen-bond acceptors (Lipinski definition) is 1. The van der Waals surface area contributed by atoms with Crippen LogP contribution < -0.4 is 0 Å². The Hall–Kier alpha value is -0.560. The van der Waals surface area contributed by atoms with Crippen molar-refractivity contribution in [2.75, 3.05) is 0 Å². The molecule has 0 aliphatic rings. The summed E-state index contributed by atoms with van der Waals surface area (Å²) in [4.78, 5) is 3.79. The van der Waals surface area contributed by atoms with Gasteiger partial charge in [-0.1, -0.05) is 17.7 Å². The molecule has 0 N–H and O–H groups in total. The van der Waals surface area contributed by atoms with Gasteiger partial charge in [0, 0.05) is 0 Å². The van der Waals surface area contributed by atoms with Crippen molar-refractivity contribution in [3.8, 4) is 0 Å². The van der Waals surface area contributed by atoms with Gasteiger partial charge in [0.1, 0.15) is 0 Å². The second-order valence-electron chi connectivity index (χ2n) is 2.14. The minimum Gasteiger partial charge on any atom is -0.263 e. The molecule has 1 nitrogen and oxygen atoms in total. The third-order valence-corrected chi connectivity index (χ3v) is 1.51. The predicted molar refractivity (Wildman–Crippen MR) is 47.5 cm³/mol. The molecule has 0 radical (unpaired) electrons. The maximum absolute atomic E-state index is 5.80. The van der Waals surface area contributed by atoms with Gasteiger partial charge in [-0.2, -0.15) is 0 Å². The van der Waals surface area contributed by atoms with Crippen molar-refractivity contribution < 1.29 is 0 Å². The van der Waals surface area contributed by atoms with Crippen molar-refractivity contribution in [3.05, 3.63) is 22.4 Å².